The molecule has 5 rings (SSSR count). The predicted molar refractivity (Wildman–Crippen MR) is 133 cm³/mol. The van der Waals surface area contributed by atoms with Crippen LogP contribution in [-0.4, -0.2) is 35.2 Å². The van der Waals surface area contributed by atoms with Crippen molar-refractivity contribution in [2.45, 2.75) is 25.7 Å². The van der Waals surface area contributed by atoms with Crippen LogP contribution in [0.3, 0.4) is 0 Å². The summed E-state index contributed by atoms with van der Waals surface area (Å²) in [5, 5.41) is 12.1. The van der Waals surface area contributed by atoms with Crippen molar-refractivity contribution in [2.24, 2.45) is 0 Å². The number of thiophene rings is 1. The Morgan fingerprint density at radius 2 is 1.80 bits per heavy atom. The molecule has 9 nitrogen and oxygen atoms in total. The van der Waals surface area contributed by atoms with E-state index in [4.69, 9.17) is 14.2 Å². The molecule has 0 unspecified atom stereocenters. The summed E-state index contributed by atoms with van der Waals surface area (Å²) in [6.45, 7) is 0.389. The fourth-order valence-corrected chi connectivity index (χ4v) is 5.54. The molecule has 35 heavy (non-hydrogen) atoms. The van der Waals surface area contributed by atoms with Gasteiger partial charge in [0.15, 0.2) is 11.5 Å². The normalized spacial score (nSPS) is 12.8. The molecule has 2 aromatic heterocycles. The monoisotopic (exact) mass is 493 g/mol. The topological polar surface area (TPSA) is 117 Å². The van der Waals surface area contributed by atoms with Gasteiger partial charge in [0, 0.05) is 17.0 Å². The van der Waals surface area contributed by atoms with Crippen molar-refractivity contribution in [3.8, 4) is 28.6 Å². The molecule has 2 heterocycles. The number of nitro groups is 1. The van der Waals surface area contributed by atoms with Gasteiger partial charge in [-0.05, 0) is 49.4 Å². The number of nitrogens with zero attached hydrogens (tertiary/aromatic N) is 2. The average Bonchev–Trinajstić information content (AvgIpc) is 3.25. The molecule has 0 amide bonds. The zero-order chi connectivity index (χ0) is 24.4. The third-order valence-electron chi connectivity index (χ3n) is 5.92. The smallest absolute Gasteiger partial charge is 0.270 e. The first-order chi connectivity index (χ1) is 17.0. The van der Waals surface area contributed by atoms with Gasteiger partial charge in [-0.15, -0.1) is 11.3 Å². The van der Waals surface area contributed by atoms with Crippen molar-refractivity contribution >= 4 is 27.2 Å². The Balaban J connectivity index is 1.44. The Bertz CT molecular complexity index is 1460. The summed E-state index contributed by atoms with van der Waals surface area (Å²) < 4.78 is 16.9. The first kappa shape index (κ1) is 22.9. The molecule has 10 heteroatoms. The van der Waals surface area contributed by atoms with Gasteiger partial charge in [0.1, 0.15) is 29.6 Å². The van der Waals surface area contributed by atoms with Gasteiger partial charge < -0.3 is 19.2 Å². The highest BCUT2D eigenvalue weighted by Crippen LogP contribution is 2.36. The van der Waals surface area contributed by atoms with Crippen LogP contribution in [-0.2, 0) is 12.8 Å². The molecule has 180 valence electrons. The summed E-state index contributed by atoms with van der Waals surface area (Å²) in [6.07, 6.45) is 3.98. The fourth-order valence-electron chi connectivity index (χ4n) is 4.28. The highest BCUT2D eigenvalue weighted by Gasteiger charge is 2.22. The van der Waals surface area contributed by atoms with Gasteiger partial charge in [0.05, 0.1) is 23.0 Å². The highest BCUT2D eigenvalue weighted by molar-refractivity contribution is 7.18. The lowest BCUT2D eigenvalue weighted by atomic mass is 9.97. The summed E-state index contributed by atoms with van der Waals surface area (Å²) >= 11 is 1.52. The number of methoxy groups -OCH3 is 1. The summed E-state index contributed by atoms with van der Waals surface area (Å²) in [5.41, 5.74) is 1.08. The van der Waals surface area contributed by atoms with E-state index < -0.39 is 4.92 Å². The van der Waals surface area contributed by atoms with E-state index in [0.29, 0.717) is 33.0 Å². The molecular weight excluding hydrogens is 470 g/mol. The third-order valence-corrected chi connectivity index (χ3v) is 7.11. The van der Waals surface area contributed by atoms with Crippen molar-refractivity contribution in [2.75, 3.05) is 20.3 Å². The lowest BCUT2D eigenvalue weighted by molar-refractivity contribution is -0.384. The van der Waals surface area contributed by atoms with Crippen molar-refractivity contribution in [3.05, 3.63) is 73.4 Å². The molecule has 1 N–H and O–H groups in total. The van der Waals surface area contributed by atoms with E-state index in [1.807, 2.05) is 12.1 Å². The first-order valence-corrected chi connectivity index (χ1v) is 12.1. The maximum absolute atomic E-state index is 13.0. The number of ether oxygens (including phenoxy) is 3. The van der Waals surface area contributed by atoms with Gasteiger partial charge in [0.2, 0.25) is 0 Å². The molecule has 0 atom stereocenters. The number of para-hydroxylation sites is 2. The van der Waals surface area contributed by atoms with E-state index in [9.17, 15) is 14.9 Å². The zero-order valence-electron chi connectivity index (χ0n) is 19.0. The number of benzene rings is 2. The minimum absolute atomic E-state index is 0.120. The van der Waals surface area contributed by atoms with Crippen LogP contribution in [0.15, 0.2) is 47.3 Å². The zero-order valence-corrected chi connectivity index (χ0v) is 19.9. The van der Waals surface area contributed by atoms with E-state index in [-0.39, 0.29) is 30.3 Å². The van der Waals surface area contributed by atoms with Gasteiger partial charge in [-0.3, -0.25) is 14.9 Å². The van der Waals surface area contributed by atoms with E-state index >= 15 is 0 Å². The molecule has 1 aliphatic carbocycles. The molecule has 4 aromatic rings. The van der Waals surface area contributed by atoms with Crippen molar-refractivity contribution in [1.29, 1.82) is 0 Å². The first-order valence-electron chi connectivity index (χ1n) is 11.3. The van der Waals surface area contributed by atoms with Gasteiger partial charge in [-0.2, -0.15) is 0 Å². The molecule has 2 aromatic carbocycles. The average molecular weight is 494 g/mol. The number of hydrogen-bond donors (Lipinski definition) is 1. The second kappa shape index (κ2) is 9.75. The van der Waals surface area contributed by atoms with E-state index in [1.54, 1.807) is 19.2 Å². The lowest BCUT2D eigenvalue weighted by Gasteiger charge is -2.13. The fraction of sp³-hybridized carbons (Fsp3) is 0.280. The van der Waals surface area contributed by atoms with Crippen LogP contribution in [0.1, 0.15) is 23.3 Å². The van der Waals surface area contributed by atoms with Crippen molar-refractivity contribution in [1.82, 2.24) is 9.97 Å². The number of aromatic amines is 1. The number of non-ortho nitro benzene ring substituents is 1. The van der Waals surface area contributed by atoms with Gasteiger partial charge in [-0.1, -0.05) is 12.1 Å². The van der Waals surface area contributed by atoms with E-state index in [1.165, 1.54) is 34.4 Å². The molecule has 0 spiro atoms. The van der Waals surface area contributed by atoms with Crippen LogP contribution >= 0.6 is 11.3 Å². The third kappa shape index (κ3) is 4.57. The Hall–Kier alpha value is -3.92. The minimum atomic E-state index is -0.488. The molecule has 0 aliphatic heterocycles. The molecule has 0 saturated carbocycles. The van der Waals surface area contributed by atoms with Crippen LogP contribution < -0.4 is 19.8 Å². The number of fused-ring (bicyclic) bond motifs is 3. The van der Waals surface area contributed by atoms with Gasteiger partial charge in [-0.25, -0.2) is 4.98 Å². The standard InChI is InChI=1S/C25H23N3O6S/c1-32-19-7-3-4-8-20(19)34-13-12-33-18-11-10-15(28(30)31)14-17(18)23-26-24(29)22-16-6-2-5-9-21(16)35-25(22)27-23/h3-4,7-8,10-11,14H,2,5-6,9,12-13H2,1H3,(H,26,27,29). The minimum Gasteiger partial charge on any atom is -0.493 e. The highest BCUT2D eigenvalue weighted by atomic mass is 32.1. The van der Waals surface area contributed by atoms with Crippen LogP contribution in [0, 0.1) is 10.1 Å². The second-order valence-corrected chi connectivity index (χ2v) is 9.17. The van der Waals surface area contributed by atoms with Gasteiger partial charge in [0.25, 0.3) is 11.2 Å². The predicted octanol–water partition coefficient (Wildman–Crippen LogP) is 4.91. The summed E-state index contributed by atoms with van der Waals surface area (Å²) in [7, 11) is 1.57. The van der Waals surface area contributed by atoms with Crippen LogP contribution in [0.4, 0.5) is 5.69 Å². The van der Waals surface area contributed by atoms with Gasteiger partial charge >= 0.3 is 0 Å². The molecule has 0 fully saturated rings. The second-order valence-electron chi connectivity index (χ2n) is 8.09. The Labute approximate surface area is 204 Å². The Morgan fingerprint density at radius 3 is 2.57 bits per heavy atom. The number of hydrogen-bond acceptors (Lipinski definition) is 8. The SMILES string of the molecule is COc1ccccc1OCCOc1ccc([N+](=O)[O-])cc1-c1nc2sc3c(c2c(=O)[nH]1)CCCC3. The van der Waals surface area contributed by atoms with Crippen LogP contribution in [0.25, 0.3) is 21.6 Å². The quantitative estimate of drug-likeness (QED) is 0.211. The number of nitrogens with one attached hydrogen (secondary N) is 1. The molecule has 1 aliphatic rings. The largest absolute Gasteiger partial charge is 0.493 e. The summed E-state index contributed by atoms with van der Waals surface area (Å²) in [5.74, 6) is 1.80. The Morgan fingerprint density at radius 1 is 1.06 bits per heavy atom. The van der Waals surface area contributed by atoms with Crippen LogP contribution in [0.2, 0.25) is 0 Å². The number of rotatable bonds is 8. The molecular formula is C25H23N3O6S. The molecule has 0 radical (unpaired) electrons. The maximum Gasteiger partial charge on any atom is 0.270 e. The van der Waals surface area contributed by atoms with E-state index in [2.05, 4.69) is 9.97 Å². The number of aryl methyl sites for hydroxylation is 2. The van der Waals surface area contributed by atoms with E-state index in [0.717, 1.165) is 31.2 Å². The van der Waals surface area contributed by atoms with Crippen molar-refractivity contribution < 1.29 is 19.1 Å². The summed E-state index contributed by atoms with van der Waals surface area (Å²) in [6, 6.07) is 11.5. The number of H-pyrrole nitrogens is 1. The lowest BCUT2D eigenvalue weighted by Crippen LogP contribution is -2.13. The summed E-state index contributed by atoms with van der Waals surface area (Å²) in [4.78, 5) is 33.3. The number of nitro benzene ring substituents is 1. The Kier molecular flexibility index (Phi) is 6.37. The molecule has 0 bridgehead atoms. The number of aromatic nitrogens is 2. The molecule has 0 saturated heterocycles. The van der Waals surface area contributed by atoms with Crippen molar-refractivity contribution in [3.63, 3.8) is 0 Å². The maximum atomic E-state index is 13.0. The van der Waals surface area contributed by atoms with Crippen LogP contribution in [0.5, 0.6) is 17.2 Å².